The van der Waals surface area contributed by atoms with Gasteiger partial charge in [-0.15, -0.1) is 0 Å². The zero-order chi connectivity index (χ0) is 14.7. The number of nitrogens with one attached hydrogen (secondary N) is 1. The molecule has 0 saturated carbocycles. The van der Waals surface area contributed by atoms with Crippen molar-refractivity contribution in [3.05, 3.63) is 52.0 Å². The average molecular weight is 335 g/mol. The fourth-order valence-corrected chi connectivity index (χ4v) is 2.07. The first-order valence-electron chi connectivity index (χ1n) is 6.07. The summed E-state index contributed by atoms with van der Waals surface area (Å²) in [6, 6.07) is 10.7. The number of nitrogen functional groups attached to an aromatic ring is 1. The molecule has 5 heteroatoms. The van der Waals surface area contributed by atoms with Gasteiger partial charge in [-0.25, -0.2) is 0 Å². The number of anilines is 1. The highest BCUT2D eigenvalue weighted by Gasteiger charge is 2.09. The van der Waals surface area contributed by atoms with E-state index in [1.807, 2.05) is 25.1 Å². The van der Waals surface area contributed by atoms with Gasteiger partial charge in [0.15, 0.2) is 0 Å². The smallest absolute Gasteiger partial charge is 0.251 e. The van der Waals surface area contributed by atoms with Crippen molar-refractivity contribution in [3.8, 4) is 11.5 Å². The molecule has 0 aliphatic rings. The molecule has 0 aromatic heterocycles. The minimum absolute atomic E-state index is 0.179. The number of aryl methyl sites for hydroxylation is 1. The number of hydrogen-bond donors (Lipinski definition) is 2. The number of hydrogen-bond acceptors (Lipinski definition) is 3. The first kappa shape index (κ1) is 14.4. The highest BCUT2D eigenvalue weighted by atomic mass is 79.9. The first-order valence-corrected chi connectivity index (χ1v) is 6.86. The van der Waals surface area contributed by atoms with Crippen LogP contribution in [0, 0.1) is 6.92 Å². The summed E-state index contributed by atoms with van der Waals surface area (Å²) in [5, 5.41) is 2.55. The van der Waals surface area contributed by atoms with Gasteiger partial charge in [-0.1, -0.05) is 22.0 Å². The van der Waals surface area contributed by atoms with E-state index in [0.717, 1.165) is 15.8 Å². The van der Waals surface area contributed by atoms with Crippen LogP contribution >= 0.6 is 15.9 Å². The van der Waals surface area contributed by atoms with Gasteiger partial charge >= 0.3 is 0 Å². The second-order valence-corrected chi connectivity index (χ2v) is 5.26. The summed E-state index contributed by atoms with van der Waals surface area (Å²) in [5.41, 5.74) is 7.86. The minimum Gasteiger partial charge on any atom is -0.455 e. The third kappa shape index (κ3) is 3.11. The zero-order valence-corrected chi connectivity index (χ0v) is 12.8. The minimum atomic E-state index is -0.179. The highest BCUT2D eigenvalue weighted by molar-refractivity contribution is 9.10. The Labute approximate surface area is 126 Å². The van der Waals surface area contributed by atoms with Crippen molar-refractivity contribution in [3.63, 3.8) is 0 Å². The first-order chi connectivity index (χ1) is 9.51. The summed E-state index contributed by atoms with van der Waals surface area (Å²) < 4.78 is 6.73. The van der Waals surface area contributed by atoms with Crippen LogP contribution in [0.5, 0.6) is 11.5 Å². The third-order valence-corrected chi connectivity index (χ3v) is 3.36. The number of nitrogens with two attached hydrogens (primary N) is 1. The Morgan fingerprint density at radius 3 is 2.60 bits per heavy atom. The summed E-state index contributed by atoms with van der Waals surface area (Å²) in [4.78, 5) is 11.5. The summed E-state index contributed by atoms with van der Waals surface area (Å²) >= 11 is 3.40. The molecular weight excluding hydrogens is 320 g/mol. The maximum absolute atomic E-state index is 11.5. The SMILES string of the molecule is CNC(=O)c1ccc(Oc2cc(Br)ccc2C)c(N)c1. The number of ether oxygens (including phenoxy) is 1. The van der Waals surface area contributed by atoms with Crippen LogP contribution in [0.3, 0.4) is 0 Å². The third-order valence-electron chi connectivity index (χ3n) is 2.87. The van der Waals surface area contributed by atoms with Gasteiger partial charge in [0.1, 0.15) is 11.5 Å². The van der Waals surface area contributed by atoms with Crippen LogP contribution in [-0.4, -0.2) is 13.0 Å². The number of halogens is 1. The molecule has 0 unspecified atom stereocenters. The molecule has 0 aliphatic heterocycles. The van der Waals surface area contributed by atoms with Gasteiger partial charge in [-0.05, 0) is 42.8 Å². The molecule has 2 aromatic carbocycles. The monoisotopic (exact) mass is 334 g/mol. The van der Waals surface area contributed by atoms with Crippen molar-refractivity contribution in [1.29, 1.82) is 0 Å². The molecular formula is C15H15BrN2O2. The van der Waals surface area contributed by atoms with Crippen LogP contribution < -0.4 is 15.8 Å². The van der Waals surface area contributed by atoms with Crippen molar-refractivity contribution < 1.29 is 9.53 Å². The van der Waals surface area contributed by atoms with E-state index < -0.39 is 0 Å². The van der Waals surface area contributed by atoms with Crippen LogP contribution in [0.25, 0.3) is 0 Å². The van der Waals surface area contributed by atoms with Gasteiger partial charge in [-0.2, -0.15) is 0 Å². The topological polar surface area (TPSA) is 64.3 Å². The van der Waals surface area contributed by atoms with E-state index in [0.29, 0.717) is 17.0 Å². The number of carbonyl (C=O) groups is 1. The Bertz CT molecular complexity index is 656. The van der Waals surface area contributed by atoms with Gasteiger partial charge < -0.3 is 15.8 Å². The van der Waals surface area contributed by atoms with E-state index in [-0.39, 0.29) is 5.91 Å². The van der Waals surface area contributed by atoms with E-state index >= 15 is 0 Å². The Balaban J connectivity index is 2.30. The number of amides is 1. The number of rotatable bonds is 3. The van der Waals surface area contributed by atoms with Gasteiger partial charge in [0, 0.05) is 17.1 Å². The van der Waals surface area contributed by atoms with Crippen molar-refractivity contribution in [2.75, 3.05) is 12.8 Å². The molecule has 104 valence electrons. The molecule has 4 nitrogen and oxygen atoms in total. The lowest BCUT2D eigenvalue weighted by Gasteiger charge is -2.12. The van der Waals surface area contributed by atoms with Gasteiger partial charge in [0.2, 0.25) is 0 Å². The molecule has 0 radical (unpaired) electrons. The molecule has 2 rings (SSSR count). The Morgan fingerprint density at radius 2 is 1.95 bits per heavy atom. The maximum Gasteiger partial charge on any atom is 0.251 e. The number of benzene rings is 2. The molecule has 0 fully saturated rings. The zero-order valence-electron chi connectivity index (χ0n) is 11.2. The quantitative estimate of drug-likeness (QED) is 0.844. The molecule has 3 N–H and O–H groups in total. The van der Waals surface area contributed by atoms with Crippen LogP contribution in [-0.2, 0) is 0 Å². The fraction of sp³-hybridized carbons (Fsp3) is 0.133. The van der Waals surface area contributed by atoms with Crippen LogP contribution in [0.4, 0.5) is 5.69 Å². The molecule has 0 saturated heterocycles. The average Bonchev–Trinajstić information content (AvgIpc) is 2.44. The lowest BCUT2D eigenvalue weighted by atomic mass is 10.1. The molecule has 20 heavy (non-hydrogen) atoms. The molecule has 0 atom stereocenters. The van der Waals surface area contributed by atoms with Gasteiger partial charge in [0.25, 0.3) is 5.91 Å². The molecule has 0 bridgehead atoms. The maximum atomic E-state index is 11.5. The predicted octanol–water partition coefficient (Wildman–Crippen LogP) is 3.49. The van der Waals surface area contributed by atoms with Gasteiger partial charge in [0.05, 0.1) is 5.69 Å². The molecule has 0 aliphatic carbocycles. The highest BCUT2D eigenvalue weighted by Crippen LogP contribution is 2.32. The van der Waals surface area contributed by atoms with Crippen LogP contribution in [0.15, 0.2) is 40.9 Å². The van der Waals surface area contributed by atoms with Crippen LogP contribution in [0.2, 0.25) is 0 Å². The second-order valence-electron chi connectivity index (χ2n) is 4.34. The summed E-state index contributed by atoms with van der Waals surface area (Å²) in [5.74, 6) is 1.07. The van der Waals surface area contributed by atoms with Crippen molar-refractivity contribution >= 4 is 27.5 Å². The summed E-state index contributed by atoms with van der Waals surface area (Å²) in [7, 11) is 1.58. The summed E-state index contributed by atoms with van der Waals surface area (Å²) in [6.45, 7) is 1.96. The van der Waals surface area contributed by atoms with E-state index in [1.165, 1.54) is 0 Å². The molecule has 0 heterocycles. The lowest BCUT2D eigenvalue weighted by molar-refractivity contribution is 0.0963. The molecule has 0 spiro atoms. The Kier molecular flexibility index (Phi) is 4.29. The second kappa shape index (κ2) is 5.96. The van der Waals surface area contributed by atoms with E-state index in [4.69, 9.17) is 10.5 Å². The largest absolute Gasteiger partial charge is 0.455 e. The summed E-state index contributed by atoms with van der Waals surface area (Å²) in [6.07, 6.45) is 0. The Morgan fingerprint density at radius 1 is 1.20 bits per heavy atom. The number of carbonyl (C=O) groups excluding carboxylic acids is 1. The van der Waals surface area contributed by atoms with E-state index in [2.05, 4.69) is 21.2 Å². The normalized spacial score (nSPS) is 10.2. The van der Waals surface area contributed by atoms with Crippen molar-refractivity contribution in [2.45, 2.75) is 6.92 Å². The van der Waals surface area contributed by atoms with Crippen molar-refractivity contribution in [2.24, 2.45) is 0 Å². The molecule has 2 aromatic rings. The van der Waals surface area contributed by atoms with Crippen LogP contribution in [0.1, 0.15) is 15.9 Å². The van der Waals surface area contributed by atoms with E-state index in [1.54, 1.807) is 25.2 Å². The Hall–Kier alpha value is -2.01. The molecule has 1 amide bonds. The predicted molar refractivity (Wildman–Crippen MR) is 83.2 cm³/mol. The van der Waals surface area contributed by atoms with Gasteiger partial charge in [-0.3, -0.25) is 4.79 Å². The standard InChI is InChI=1S/C15H15BrN2O2/c1-9-3-5-11(16)8-14(9)20-13-6-4-10(7-12(13)17)15(19)18-2/h3-8H,17H2,1-2H3,(H,18,19). The van der Waals surface area contributed by atoms with E-state index in [9.17, 15) is 4.79 Å². The lowest BCUT2D eigenvalue weighted by Crippen LogP contribution is -2.17. The fourth-order valence-electron chi connectivity index (χ4n) is 1.73. The van der Waals surface area contributed by atoms with Crippen molar-refractivity contribution in [1.82, 2.24) is 5.32 Å².